The Balaban J connectivity index is 2.10. The standard InChI is InChI=1S/C25H30O7/c1-13(2)8-9-14(25(3,4)31)10-15-18(28)11-19(29)23-20(30)12-21(32-24(15)23)22-16(26)6-5-7-17(22)27/h5-8,11,14,21,26-29,31H,9-10,12H2,1-4H3. The van der Waals surface area contributed by atoms with Gasteiger partial charge < -0.3 is 30.3 Å². The molecule has 32 heavy (non-hydrogen) atoms. The number of hydrogen-bond donors (Lipinski definition) is 5. The number of ketones is 1. The minimum absolute atomic E-state index is 0.00199. The molecule has 2 aromatic rings. The Morgan fingerprint density at radius 3 is 2.31 bits per heavy atom. The number of allylic oxidation sites excluding steroid dienone is 2. The van der Waals surface area contributed by atoms with Crippen molar-refractivity contribution in [1.82, 2.24) is 0 Å². The SMILES string of the molecule is CC(C)=CCC(Cc1c(O)cc(O)c2c1OC(c1c(O)cccc1O)CC2=O)C(C)(C)O. The van der Waals surface area contributed by atoms with Crippen LogP contribution in [0.15, 0.2) is 35.9 Å². The normalized spacial score (nSPS) is 16.8. The molecule has 0 amide bonds. The third kappa shape index (κ3) is 4.67. The summed E-state index contributed by atoms with van der Waals surface area (Å²) in [5.41, 5.74) is 0.263. The third-order valence-corrected chi connectivity index (χ3v) is 5.89. The first-order valence-corrected chi connectivity index (χ1v) is 10.5. The van der Waals surface area contributed by atoms with Crippen molar-refractivity contribution in [2.24, 2.45) is 5.92 Å². The lowest BCUT2D eigenvalue weighted by Gasteiger charge is -2.32. The molecule has 172 valence electrons. The number of phenols is 4. The van der Waals surface area contributed by atoms with Gasteiger partial charge in [-0.25, -0.2) is 0 Å². The first kappa shape index (κ1) is 23.5. The summed E-state index contributed by atoms with van der Waals surface area (Å²) in [7, 11) is 0. The minimum Gasteiger partial charge on any atom is -0.507 e. The van der Waals surface area contributed by atoms with E-state index in [9.17, 15) is 30.3 Å². The van der Waals surface area contributed by atoms with Gasteiger partial charge in [-0.2, -0.15) is 0 Å². The molecule has 0 radical (unpaired) electrons. The molecular formula is C25H30O7. The van der Waals surface area contributed by atoms with Gasteiger partial charge >= 0.3 is 0 Å². The van der Waals surface area contributed by atoms with Crippen LogP contribution in [0.4, 0.5) is 0 Å². The number of hydrogen-bond acceptors (Lipinski definition) is 7. The highest BCUT2D eigenvalue weighted by atomic mass is 16.5. The molecule has 7 heteroatoms. The first-order valence-electron chi connectivity index (χ1n) is 10.5. The molecule has 0 aromatic heterocycles. The number of benzene rings is 2. The second-order valence-electron chi connectivity index (χ2n) is 9.11. The molecule has 2 atom stereocenters. The van der Waals surface area contributed by atoms with Crippen LogP contribution in [0, 0.1) is 5.92 Å². The number of carbonyl (C=O) groups excluding carboxylic acids is 1. The zero-order valence-electron chi connectivity index (χ0n) is 18.7. The third-order valence-electron chi connectivity index (χ3n) is 5.89. The van der Waals surface area contributed by atoms with E-state index in [0.29, 0.717) is 6.42 Å². The van der Waals surface area contributed by atoms with Crippen molar-refractivity contribution >= 4 is 5.78 Å². The smallest absolute Gasteiger partial charge is 0.174 e. The fourth-order valence-electron chi connectivity index (χ4n) is 4.00. The van der Waals surface area contributed by atoms with Crippen molar-refractivity contribution in [1.29, 1.82) is 0 Å². The summed E-state index contributed by atoms with van der Waals surface area (Å²) in [6, 6.07) is 5.33. The average Bonchev–Trinajstić information content (AvgIpc) is 2.65. The molecule has 0 saturated carbocycles. The van der Waals surface area contributed by atoms with E-state index in [4.69, 9.17) is 4.74 Å². The van der Waals surface area contributed by atoms with Gasteiger partial charge in [-0.05, 0) is 58.6 Å². The molecule has 7 nitrogen and oxygen atoms in total. The van der Waals surface area contributed by atoms with E-state index in [0.717, 1.165) is 11.6 Å². The van der Waals surface area contributed by atoms with Crippen LogP contribution >= 0.6 is 0 Å². The Morgan fingerprint density at radius 2 is 1.75 bits per heavy atom. The van der Waals surface area contributed by atoms with Gasteiger partial charge in [-0.15, -0.1) is 0 Å². The van der Waals surface area contributed by atoms with E-state index in [2.05, 4.69) is 0 Å². The van der Waals surface area contributed by atoms with Crippen LogP contribution < -0.4 is 4.74 Å². The first-order chi connectivity index (χ1) is 14.9. The van der Waals surface area contributed by atoms with E-state index >= 15 is 0 Å². The second-order valence-corrected chi connectivity index (χ2v) is 9.11. The van der Waals surface area contributed by atoms with E-state index in [-0.39, 0.29) is 58.4 Å². The zero-order valence-corrected chi connectivity index (χ0v) is 18.7. The fourth-order valence-corrected chi connectivity index (χ4v) is 4.00. The molecule has 1 aliphatic rings. The molecule has 1 aliphatic heterocycles. The highest BCUT2D eigenvalue weighted by Gasteiger charge is 2.37. The van der Waals surface area contributed by atoms with Gasteiger partial charge in [0.1, 0.15) is 40.4 Å². The summed E-state index contributed by atoms with van der Waals surface area (Å²) in [5.74, 6) is -1.89. The van der Waals surface area contributed by atoms with Crippen LogP contribution in [0.1, 0.15) is 68.1 Å². The maximum absolute atomic E-state index is 12.9. The molecule has 1 heterocycles. The van der Waals surface area contributed by atoms with Crippen LogP contribution in [0.2, 0.25) is 0 Å². The Kier molecular flexibility index (Phi) is 6.41. The van der Waals surface area contributed by atoms with E-state index in [1.54, 1.807) is 13.8 Å². The lowest BCUT2D eigenvalue weighted by atomic mass is 9.81. The quantitative estimate of drug-likeness (QED) is 0.417. The molecular weight excluding hydrogens is 412 g/mol. The summed E-state index contributed by atoms with van der Waals surface area (Å²) in [5, 5.41) is 52.2. The number of aromatic hydroxyl groups is 4. The average molecular weight is 443 g/mol. The van der Waals surface area contributed by atoms with Crippen molar-refractivity contribution in [2.75, 3.05) is 0 Å². The lowest BCUT2D eigenvalue weighted by molar-refractivity contribution is 0.0175. The van der Waals surface area contributed by atoms with E-state index in [1.807, 2.05) is 19.9 Å². The Labute approximate surface area is 187 Å². The van der Waals surface area contributed by atoms with Gasteiger partial charge in [0.15, 0.2) is 5.78 Å². The second kappa shape index (κ2) is 8.74. The number of carbonyl (C=O) groups is 1. The van der Waals surface area contributed by atoms with Crippen LogP contribution in [0.25, 0.3) is 0 Å². The van der Waals surface area contributed by atoms with Crippen molar-refractivity contribution in [3.05, 3.63) is 52.6 Å². The Hall–Kier alpha value is -3.19. The molecule has 0 saturated heterocycles. The molecule has 0 aliphatic carbocycles. The largest absolute Gasteiger partial charge is 0.507 e. The predicted molar refractivity (Wildman–Crippen MR) is 119 cm³/mol. The molecule has 5 N–H and O–H groups in total. The predicted octanol–water partition coefficient (Wildman–Crippen LogP) is 4.50. The number of phenolic OH excluding ortho intramolecular Hbond substituents is 4. The number of rotatable bonds is 6. The molecule has 2 unspecified atom stereocenters. The van der Waals surface area contributed by atoms with Crippen LogP contribution in [-0.2, 0) is 6.42 Å². The molecule has 0 fully saturated rings. The minimum atomic E-state index is -1.10. The zero-order chi connectivity index (χ0) is 23.8. The van der Waals surface area contributed by atoms with Crippen LogP contribution in [0.3, 0.4) is 0 Å². The summed E-state index contributed by atoms with van der Waals surface area (Å²) >= 11 is 0. The highest BCUT2D eigenvalue weighted by molar-refractivity contribution is 6.03. The summed E-state index contributed by atoms with van der Waals surface area (Å²) in [6.45, 7) is 7.25. The number of aliphatic hydroxyl groups is 1. The maximum Gasteiger partial charge on any atom is 0.174 e. The molecule has 2 aromatic carbocycles. The topological polar surface area (TPSA) is 127 Å². The Morgan fingerprint density at radius 1 is 1.12 bits per heavy atom. The lowest BCUT2D eigenvalue weighted by Crippen LogP contribution is -2.32. The molecule has 0 bridgehead atoms. The Bertz CT molecular complexity index is 1040. The number of fused-ring (bicyclic) bond motifs is 1. The molecule has 0 spiro atoms. The van der Waals surface area contributed by atoms with Gasteiger partial charge in [0.2, 0.25) is 0 Å². The van der Waals surface area contributed by atoms with Crippen molar-refractivity contribution in [2.45, 2.75) is 58.7 Å². The van der Waals surface area contributed by atoms with Gasteiger partial charge in [0.25, 0.3) is 0 Å². The monoisotopic (exact) mass is 442 g/mol. The van der Waals surface area contributed by atoms with Gasteiger partial charge in [-0.1, -0.05) is 17.7 Å². The summed E-state index contributed by atoms with van der Waals surface area (Å²) in [4.78, 5) is 12.9. The van der Waals surface area contributed by atoms with Crippen LogP contribution in [-0.4, -0.2) is 36.9 Å². The summed E-state index contributed by atoms with van der Waals surface area (Å²) < 4.78 is 6.02. The van der Waals surface area contributed by atoms with Gasteiger partial charge in [0.05, 0.1) is 17.6 Å². The maximum atomic E-state index is 12.9. The van der Waals surface area contributed by atoms with Crippen LogP contribution in [0.5, 0.6) is 28.7 Å². The highest BCUT2D eigenvalue weighted by Crippen LogP contribution is 2.49. The number of ether oxygens (including phenoxy) is 1. The summed E-state index contributed by atoms with van der Waals surface area (Å²) in [6.07, 6.45) is 1.48. The van der Waals surface area contributed by atoms with Crippen molar-refractivity contribution in [3.63, 3.8) is 0 Å². The molecule has 3 rings (SSSR count). The van der Waals surface area contributed by atoms with Gasteiger partial charge in [-0.3, -0.25) is 4.79 Å². The van der Waals surface area contributed by atoms with E-state index in [1.165, 1.54) is 18.2 Å². The number of Topliss-reactive ketones (excluding diaryl/α,β-unsaturated/α-hetero) is 1. The van der Waals surface area contributed by atoms with Crippen molar-refractivity contribution < 1.29 is 35.1 Å². The van der Waals surface area contributed by atoms with E-state index < -0.39 is 23.2 Å². The fraction of sp³-hybridized carbons (Fsp3) is 0.400. The van der Waals surface area contributed by atoms with Crippen molar-refractivity contribution in [3.8, 4) is 28.7 Å². The van der Waals surface area contributed by atoms with Gasteiger partial charge in [0, 0.05) is 11.6 Å².